The standard InChI is InChI=1S/C14H13N3/c1-17(13-5-3-2-4-6-13)14-8-7-12(16)9-11(14)10-15/h2-9H,16H2,1H3. The second-order valence-electron chi connectivity index (χ2n) is 3.78. The average molecular weight is 223 g/mol. The Morgan fingerprint density at radius 2 is 1.82 bits per heavy atom. The number of benzene rings is 2. The molecule has 0 saturated carbocycles. The van der Waals surface area contributed by atoms with Crippen LogP contribution in [0.1, 0.15) is 5.56 Å². The average Bonchev–Trinajstić information content (AvgIpc) is 2.39. The lowest BCUT2D eigenvalue weighted by molar-refractivity contribution is 1.20. The summed E-state index contributed by atoms with van der Waals surface area (Å²) in [6, 6.07) is 17.4. The molecule has 2 aromatic carbocycles. The molecule has 0 amide bonds. The topological polar surface area (TPSA) is 53.0 Å². The fraction of sp³-hybridized carbons (Fsp3) is 0.0714. The largest absolute Gasteiger partial charge is 0.399 e. The first-order chi connectivity index (χ1) is 8.22. The van der Waals surface area contributed by atoms with Crippen molar-refractivity contribution in [3.63, 3.8) is 0 Å². The number of nitrogen functional groups attached to an aromatic ring is 1. The summed E-state index contributed by atoms with van der Waals surface area (Å²) < 4.78 is 0. The van der Waals surface area contributed by atoms with Crippen molar-refractivity contribution >= 4 is 17.1 Å². The number of para-hydroxylation sites is 1. The normalized spacial score (nSPS) is 9.65. The molecular weight excluding hydrogens is 210 g/mol. The molecule has 2 N–H and O–H groups in total. The zero-order chi connectivity index (χ0) is 12.3. The molecule has 2 aromatic rings. The third-order valence-electron chi connectivity index (χ3n) is 2.65. The maximum atomic E-state index is 9.11. The van der Waals surface area contributed by atoms with Crippen LogP contribution in [-0.4, -0.2) is 7.05 Å². The molecule has 0 aliphatic rings. The van der Waals surface area contributed by atoms with E-state index in [0.29, 0.717) is 11.3 Å². The Kier molecular flexibility index (Phi) is 2.97. The van der Waals surface area contributed by atoms with Crippen molar-refractivity contribution in [2.75, 3.05) is 17.7 Å². The Morgan fingerprint density at radius 3 is 2.47 bits per heavy atom. The summed E-state index contributed by atoms with van der Waals surface area (Å²) in [5.41, 5.74) is 8.75. The number of anilines is 3. The molecule has 0 aliphatic heterocycles. The van der Waals surface area contributed by atoms with E-state index in [2.05, 4.69) is 6.07 Å². The summed E-state index contributed by atoms with van der Waals surface area (Å²) in [6.07, 6.45) is 0. The fourth-order valence-electron chi connectivity index (χ4n) is 1.73. The molecule has 0 bridgehead atoms. The minimum atomic E-state index is 0.580. The molecule has 0 atom stereocenters. The van der Waals surface area contributed by atoms with Gasteiger partial charge in [-0.1, -0.05) is 18.2 Å². The SMILES string of the molecule is CN(c1ccccc1)c1ccc(N)cc1C#N. The fourth-order valence-corrected chi connectivity index (χ4v) is 1.73. The highest BCUT2D eigenvalue weighted by Gasteiger charge is 2.08. The molecule has 17 heavy (non-hydrogen) atoms. The third-order valence-corrected chi connectivity index (χ3v) is 2.65. The monoisotopic (exact) mass is 223 g/mol. The first-order valence-corrected chi connectivity index (χ1v) is 5.31. The number of nitriles is 1. The zero-order valence-electron chi connectivity index (χ0n) is 9.59. The predicted octanol–water partition coefficient (Wildman–Crippen LogP) is 2.91. The minimum Gasteiger partial charge on any atom is -0.399 e. The molecule has 0 unspecified atom stereocenters. The third kappa shape index (κ3) is 2.21. The van der Waals surface area contributed by atoms with Crippen LogP contribution in [0.4, 0.5) is 17.1 Å². The van der Waals surface area contributed by atoms with Crippen LogP contribution in [-0.2, 0) is 0 Å². The molecule has 0 spiro atoms. The van der Waals surface area contributed by atoms with E-state index in [9.17, 15) is 0 Å². The van der Waals surface area contributed by atoms with Crippen molar-refractivity contribution in [1.82, 2.24) is 0 Å². The first-order valence-electron chi connectivity index (χ1n) is 5.31. The summed E-state index contributed by atoms with van der Waals surface area (Å²) in [5.74, 6) is 0. The predicted molar refractivity (Wildman–Crippen MR) is 70.1 cm³/mol. The van der Waals surface area contributed by atoms with E-state index in [-0.39, 0.29) is 0 Å². The van der Waals surface area contributed by atoms with E-state index < -0.39 is 0 Å². The summed E-state index contributed by atoms with van der Waals surface area (Å²) in [6.45, 7) is 0. The lowest BCUT2D eigenvalue weighted by Crippen LogP contribution is -2.11. The van der Waals surface area contributed by atoms with Crippen LogP contribution in [0.3, 0.4) is 0 Å². The van der Waals surface area contributed by atoms with Crippen LogP contribution in [0.15, 0.2) is 48.5 Å². The molecule has 2 rings (SSSR count). The van der Waals surface area contributed by atoms with Crippen LogP contribution < -0.4 is 10.6 Å². The maximum absolute atomic E-state index is 9.11. The number of nitrogens with zero attached hydrogens (tertiary/aromatic N) is 2. The number of hydrogen-bond acceptors (Lipinski definition) is 3. The van der Waals surface area contributed by atoms with Gasteiger partial charge < -0.3 is 10.6 Å². The van der Waals surface area contributed by atoms with E-state index in [4.69, 9.17) is 11.0 Å². The van der Waals surface area contributed by atoms with Gasteiger partial charge in [-0.25, -0.2) is 0 Å². The zero-order valence-corrected chi connectivity index (χ0v) is 9.59. The van der Waals surface area contributed by atoms with E-state index in [1.807, 2.05) is 48.3 Å². The summed E-state index contributed by atoms with van der Waals surface area (Å²) in [4.78, 5) is 1.97. The Labute approximate surface area is 101 Å². The highest BCUT2D eigenvalue weighted by molar-refractivity contribution is 5.71. The molecular formula is C14H13N3. The Balaban J connectivity index is 2.45. The van der Waals surface area contributed by atoms with Gasteiger partial charge in [0.05, 0.1) is 11.3 Å². The van der Waals surface area contributed by atoms with E-state index in [0.717, 1.165) is 11.4 Å². The van der Waals surface area contributed by atoms with E-state index in [1.165, 1.54) is 0 Å². The lowest BCUT2D eigenvalue weighted by Gasteiger charge is -2.20. The second-order valence-corrected chi connectivity index (χ2v) is 3.78. The second kappa shape index (κ2) is 4.58. The van der Waals surface area contributed by atoms with Crippen LogP contribution >= 0.6 is 0 Å². The molecule has 0 saturated heterocycles. The Morgan fingerprint density at radius 1 is 1.12 bits per heavy atom. The maximum Gasteiger partial charge on any atom is 0.101 e. The van der Waals surface area contributed by atoms with Crippen LogP contribution in [0.25, 0.3) is 0 Å². The van der Waals surface area contributed by atoms with Crippen molar-refractivity contribution in [3.8, 4) is 6.07 Å². The van der Waals surface area contributed by atoms with Crippen LogP contribution in [0.5, 0.6) is 0 Å². The van der Waals surface area contributed by atoms with Gasteiger partial charge in [0.1, 0.15) is 6.07 Å². The van der Waals surface area contributed by atoms with Crippen molar-refractivity contribution in [2.45, 2.75) is 0 Å². The van der Waals surface area contributed by atoms with Gasteiger partial charge in [-0.3, -0.25) is 0 Å². The molecule has 3 heteroatoms. The van der Waals surface area contributed by atoms with Gasteiger partial charge in [0, 0.05) is 18.4 Å². The van der Waals surface area contributed by atoms with Gasteiger partial charge in [0.15, 0.2) is 0 Å². The van der Waals surface area contributed by atoms with Gasteiger partial charge in [-0.05, 0) is 30.3 Å². The molecule has 0 fully saturated rings. The number of rotatable bonds is 2. The highest BCUT2D eigenvalue weighted by atomic mass is 15.1. The summed E-state index contributed by atoms with van der Waals surface area (Å²) >= 11 is 0. The van der Waals surface area contributed by atoms with Gasteiger partial charge in [0.25, 0.3) is 0 Å². The minimum absolute atomic E-state index is 0.580. The summed E-state index contributed by atoms with van der Waals surface area (Å²) in [5, 5.41) is 9.11. The quantitative estimate of drug-likeness (QED) is 0.796. The molecule has 84 valence electrons. The smallest absolute Gasteiger partial charge is 0.101 e. The first kappa shape index (κ1) is 11.0. The van der Waals surface area contributed by atoms with Gasteiger partial charge in [-0.15, -0.1) is 0 Å². The van der Waals surface area contributed by atoms with E-state index >= 15 is 0 Å². The van der Waals surface area contributed by atoms with Crippen molar-refractivity contribution in [2.24, 2.45) is 0 Å². The van der Waals surface area contributed by atoms with E-state index in [1.54, 1.807) is 12.1 Å². The Hall–Kier alpha value is -2.47. The van der Waals surface area contributed by atoms with Crippen molar-refractivity contribution < 1.29 is 0 Å². The van der Waals surface area contributed by atoms with Crippen LogP contribution in [0.2, 0.25) is 0 Å². The lowest BCUT2D eigenvalue weighted by atomic mass is 10.1. The van der Waals surface area contributed by atoms with Crippen molar-refractivity contribution in [3.05, 3.63) is 54.1 Å². The molecule has 0 aromatic heterocycles. The van der Waals surface area contributed by atoms with Crippen molar-refractivity contribution in [1.29, 1.82) is 5.26 Å². The molecule has 0 aliphatic carbocycles. The molecule has 0 radical (unpaired) electrons. The Bertz CT molecular complexity index is 555. The number of nitrogens with two attached hydrogens (primary N) is 1. The highest BCUT2D eigenvalue weighted by Crippen LogP contribution is 2.27. The summed E-state index contributed by atoms with van der Waals surface area (Å²) in [7, 11) is 1.93. The van der Waals surface area contributed by atoms with Gasteiger partial charge in [-0.2, -0.15) is 5.26 Å². The van der Waals surface area contributed by atoms with Gasteiger partial charge >= 0.3 is 0 Å². The van der Waals surface area contributed by atoms with Crippen LogP contribution in [0, 0.1) is 11.3 Å². The number of hydrogen-bond donors (Lipinski definition) is 1. The van der Waals surface area contributed by atoms with Gasteiger partial charge in [0.2, 0.25) is 0 Å². The molecule has 3 nitrogen and oxygen atoms in total. The molecule has 0 heterocycles.